The Labute approximate surface area is 128 Å². The van der Waals surface area contributed by atoms with Gasteiger partial charge in [-0.1, -0.05) is 0 Å². The lowest BCUT2D eigenvalue weighted by molar-refractivity contribution is -0.104. The van der Waals surface area contributed by atoms with Crippen LogP contribution in [-0.4, -0.2) is 35.8 Å². The first kappa shape index (κ1) is 15.2. The molecule has 3 rings (SSSR count). The molecule has 20 heavy (non-hydrogen) atoms. The Morgan fingerprint density at radius 2 is 2.10 bits per heavy atom. The van der Waals surface area contributed by atoms with Gasteiger partial charge in [0, 0.05) is 17.9 Å². The zero-order chi connectivity index (χ0) is 14.2. The molecule has 0 radical (unpaired) electrons. The third-order valence-electron chi connectivity index (χ3n) is 5.57. The van der Waals surface area contributed by atoms with Gasteiger partial charge in [0.15, 0.2) is 0 Å². The number of ether oxygens (including phenoxy) is 1. The van der Waals surface area contributed by atoms with Crippen molar-refractivity contribution in [2.75, 3.05) is 24.7 Å². The van der Waals surface area contributed by atoms with Gasteiger partial charge in [0.1, 0.15) is 0 Å². The second-order valence-corrected chi connectivity index (χ2v) is 9.32. The van der Waals surface area contributed by atoms with Gasteiger partial charge in [-0.15, -0.1) is 0 Å². The largest absolute Gasteiger partial charge is 0.374 e. The van der Waals surface area contributed by atoms with Crippen LogP contribution in [0.25, 0.3) is 0 Å². The van der Waals surface area contributed by atoms with Gasteiger partial charge < -0.3 is 10.1 Å². The van der Waals surface area contributed by atoms with Crippen LogP contribution >= 0.6 is 11.8 Å². The number of rotatable bonds is 3. The Bertz CT molecular complexity index is 332. The molecule has 0 aromatic rings. The van der Waals surface area contributed by atoms with E-state index in [1.165, 1.54) is 50.2 Å². The van der Waals surface area contributed by atoms with Crippen LogP contribution in [0.5, 0.6) is 0 Å². The molecule has 1 saturated carbocycles. The summed E-state index contributed by atoms with van der Waals surface area (Å²) in [6.45, 7) is 9.06. The molecule has 2 nitrogen and oxygen atoms in total. The molecule has 1 spiro atoms. The zero-order valence-corrected chi connectivity index (χ0v) is 14.2. The Balaban J connectivity index is 1.53. The van der Waals surface area contributed by atoms with Crippen LogP contribution in [-0.2, 0) is 4.74 Å². The molecule has 2 heterocycles. The van der Waals surface area contributed by atoms with E-state index >= 15 is 0 Å². The van der Waals surface area contributed by atoms with Crippen molar-refractivity contribution >= 4 is 11.8 Å². The maximum absolute atomic E-state index is 6.19. The molecule has 4 unspecified atom stereocenters. The molecule has 0 amide bonds. The summed E-state index contributed by atoms with van der Waals surface area (Å²) in [5, 5.41) is 3.72. The number of nitrogens with one attached hydrogen (secondary N) is 1. The SMILES string of the molecule is CC(C)(C)NCC1CCC1C1CCOC2(CCSC2)C1. The van der Waals surface area contributed by atoms with Crippen molar-refractivity contribution in [3.8, 4) is 0 Å². The molecular formula is C17H31NOS. The topological polar surface area (TPSA) is 21.3 Å². The lowest BCUT2D eigenvalue weighted by Gasteiger charge is -2.48. The second-order valence-electron chi connectivity index (χ2n) is 8.22. The van der Waals surface area contributed by atoms with Gasteiger partial charge in [0.25, 0.3) is 0 Å². The van der Waals surface area contributed by atoms with Gasteiger partial charge in [-0.3, -0.25) is 0 Å². The zero-order valence-electron chi connectivity index (χ0n) is 13.4. The van der Waals surface area contributed by atoms with E-state index in [9.17, 15) is 0 Å². The normalized spacial score (nSPS) is 41.9. The van der Waals surface area contributed by atoms with E-state index in [0.29, 0.717) is 0 Å². The average Bonchev–Trinajstić information content (AvgIpc) is 2.74. The Morgan fingerprint density at radius 3 is 2.70 bits per heavy atom. The second kappa shape index (κ2) is 5.81. The minimum absolute atomic E-state index is 0.263. The molecule has 2 saturated heterocycles. The molecule has 3 heteroatoms. The van der Waals surface area contributed by atoms with Crippen LogP contribution in [0.4, 0.5) is 0 Å². The lowest BCUT2D eigenvalue weighted by atomic mass is 9.63. The van der Waals surface area contributed by atoms with Crippen molar-refractivity contribution in [1.82, 2.24) is 5.32 Å². The van der Waals surface area contributed by atoms with Crippen molar-refractivity contribution in [3.05, 3.63) is 0 Å². The van der Waals surface area contributed by atoms with Gasteiger partial charge in [-0.25, -0.2) is 0 Å². The Kier molecular flexibility index (Phi) is 4.41. The van der Waals surface area contributed by atoms with Gasteiger partial charge >= 0.3 is 0 Å². The first-order valence-corrected chi connectivity index (χ1v) is 9.60. The average molecular weight is 298 g/mol. The van der Waals surface area contributed by atoms with Gasteiger partial charge in [-0.05, 0) is 82.9 Å². The van der Waals surface area contributed by atoms with Crippen LogP contribution in [0.1, 0.15) is 52.9 Å². The van der Waals surface area contributed by atoms with E-state index in [0.717, 1.165) is 24.4 Å². The standard InChI is InChI=1S/C17H31NOS/c1-16(2,3)18-11-14-4-5-15(14)13-6-8-19-17(10-13)7-9-20-12-17/h13-15,18H,4-12H2,1-3H3. The smallest absolute Gasteiger partial charge is 0.0783 e. The van der Waals surface area contributed by atoms with Crippen LogP contribution in [0.3, 0.4) is 0 Å². The van der Waals surface area contributed by atoms with E-state index < -0.39 is 0 Å². The highest BCUT2D eigenvalue weighted by Gasteiger charge is 2.46. The summed E-state index contributed by atoms with van der Waals surface area (Å²) in [7, 11) is 0. The van der Waals surface area contributed by atoms with Crippen molar-refractivity contribution < 1.29 is 4.74 Å². The number of thioether (sulfide) groups is 1. The van der Waals surface area contributed by atoms with E-state index in [1.807, 2.05) is 0 Å². The molecule has 3 aliphatic rings. The molecule has 1 N–H and O–H groups in total. The highest BCUT2D eigenvalue weighted by atomic mass is 32.2. The summed E-state index contributed by atoms with van der Waals surface area (Å²) < 4.78 is 6.19. The first-order chi connectivity index (χ1) is 9.48. The maximum Gasteiger partial charge on any atom is 0.0783 e. The molecule has 0 aromatic carbocycles. The number of hydrogen-bond acceptors (Lipinski definition) is 3. The molecule has 0 aromatic heterocycles. The molecule has 116 valence electrons. The molecule has 4 atom stereocenters. The van der Waals surface area contributed by atoms with Crippen molar-refractivity contribution in [1.29, 1.82) is 0 Å². The number of hydrogen-bond donors (Lipinski definition) is 1. The van der Waals surface area contributed by atoms with Crippen molar-refractivity contribution in [3.63, 3.8) is 0 Å². The molecule has 3 fully saturated rings. The Morgan fingerprint density at radius 1 is 1.25 bits per heavy atom. The van der Waals surface area contributed by atoms with Crippen LogP contribution < -0.4 is 5.32 Å². The Hall–Kier alpha value is 0.270. The molecule has 1 aliphatic carbocycles. The van der Waals surface area contributed by atoms with Gasteiger partial charge in [0.05, 0.1) is 5.60 Å². The summed E-state index contributed by atoms with van der Waals surface area (Å²) in [6, 6.07) is 0. The molecular weight excluding hydrogens is 266 g/mol. The quantitative estimate of drug-likeness (QED) is 0.858. The summed E-state index contributed by atoms with van der Waals surface area (Å²) in [5.41, 5.74) is 0.532. The van der Waals surface area contributed by atoms with Gasteiger partial charge in [-0.2, -0.15) is 11.8 Å². The van der Waals surface area contributed by atoms with E-state index in [2.05, 4.69) is 37.8 Å². The van der Waals surface area contributed by atoms with E-state index in [1.54, 1.807) is 0 Å². The monoisotopic (exact) mass is 297 g/mol. The van der Waals surface area contributed by atoms with Crippen molar-refractivity contribution in [2.45, 2.75) is 64.0 Å². The summed E-state index contributed by atoms with van der Waals surface area (Å²) in [4.78, 5) is 0. The molecule has 0 bridgehead atoms. The van der Waals surface area contributed by atoms with Crippen molar-refractivity contribution in [2.24, 2.45) is 17.8 Å². The minimum atomic E-state index is 0.263. The fraction of sp³-hybridized carbons (Fsp3) is 1.00. The maximum atomic E-state index is 6.19. The van der Waals surface area contributed by atoms with E-state index in [-0.39, 0.29) is 11.1 Å². The highest BCUT2D eigenvalue weighted by Crippen LogP contribution is 2.49. The van der Waals surface area contributed by atoms with Gasteiger partial charge in [0.2, 0.25) is 0 Å². The fourth-order valence-electron chi connectivity index (χ4n) is 4.20. The highest BCUT2D eigenvalue weighted by molar-refractivity contribution is 7.99. The first-order valence-electron chi connectivity index (χ1n) is 8.44. The third kappa shape index (κ3) is 3.36. The summed E-state index contributed by atoms with van der Waals surface area (Å²) in [6.07, 6.45) is 6.85. The minimum Gasteiger partial charge on any atom is -0.374 e. The summed E-state index contributed by atoms with van der Waals surface area (Å²) in [5.74, 6) is 5.38. The predicted octanol–water partition coefficient (Wildman–Crippen LogP) is 3.70. The third-order valence-corrected chi connectivity index (χ3v) is 6.80. The summed E-state index contributed by atoms with van der Waals surface area (Å²) >= 11 is 2.10. The van der Waals surface area contributed by atoms with E-state index in [4.69, 9.17) is 4.74 Å². The fourth-order valence-corrected chi connectivity index (χ4v) is 5.58. The van der Waals surface area contributed by atoms with Crippen LogP contribution in [0.2, 0.25) is 0 Å². The lowest BCUT2D eigenvalue weighted by Crippen LogP contribution is -2.49. The predicted molar refractivity (Wildman–Crippen MR) is 87.3 cm³/mol. The molecule has 2 aliphatic heterocycles. The van der Waals surface area contributed by atoms with Crippen LogP contribution in [0, 0.1) is 17.8 Å². The van der Waals surface area contributed by atoms with Crippen LogP contribution in [0.15, 0.2) is 0 Å².